The third kappa shape index (κ3) is 8.11. The average molecular weight is 691 g/mol. The summed E-state index contributed by atoms with van der Waals surface area (Å²) in [5, 5.41) is 21.1. The topological polar surface area (TPSA) is 133 Å². The largest absolute Gasteiger partial charge is 0.481 e. The molecule has 248 valence electrons. The van der Waals surface area contributed by atoms with Crippen LogP contribution in [0.2, 0.25) is 10.0 Å². The monoisotopic (exact) mass is 689 g/mol. The predicted octanol–water partition coefficient (Wildman–Crippen LogP) is 5.73. The van der Waals surface area contributed by atoms with Gasteiger partial charge in [0.2, 0.25) is 11.8 Å². The SMILES string of the molecule is COc1nc(-c2ccnc(-c3cccc(Nc4nccc(CNCCO)c4C(F)(F)F)c3Cl)c2Cl)ccc1CNC[C@H]1CCC(=O)N1. The van der Waals surface area contributed by atoms with Crippen molar-refractivity contribution >= 4 is 40.6 Å². The molecule has 1 aromatic carbocycles. The van der Waals surface area contributed by atoms with Crippen LogP contribution in [0.3, 0.4) is 0 Å². The van der Waals surface area contributed by atoms with Crippen LogP contribution < -0.4 is 26.0 Å². The van der Waals surface area contributed by atoms with Crippen LogP contribution in [0.5, 0.6) is 5.88 Å². The summed E-state index contributed by atoms with van der Waals surface area (Å²) < 4.78 is 48.1. The van der Waals surface area contributed by atoms with Crippen molar-refractivity contribution in [2.45, 2.75) is 38.1 Å². The molecule has 1 fully saturated rings. The van der Waals surface area contributed by atoms with Crippen LogP contribution in [0, 0.1) is 0 Å². The molecule has 1 saturated heterocycles. The van der Waals surface area contributed by atoms with Gasteiger partial charge in [-0.3, -0.25) is 9.78 Å². The molecule has 1 atom stereocenters. The molecular weight excluding hydrogens is 658 g/mol. The average Bonchev–Trinajstić information content (AvgIpc) is 3.46. The Morgan fingerprint density at radius 3 is 2.51 bits per heavy atom. The number of nitrogens with one attached hydrogen (secondary N) is 4. The molecule has 0 radical (unpaired) electrons. The first-order chi connectivity index (χ1) is 22.6. The zero-order chi connectivity index (χ0) is 33.6. The van der Waals surface area contributed by atoms with Crippen molar-refractivity contribution in [2.24, 2.45) is 0 Å². The summed E-state index contributed by atoms with van der Waals surface area (Å²) in [6.45, 7) is 0.887. The van der Waals surface area contributed by atoms with E-state index >= 15 is 0 Å². The summed E-state index contributed by atoms with van der Waals surface area (Å²) in [5.74, 6) is 0.0251. The summed E-state index contributed by atoms with van der Waals surface area (Å²) in [4.78, 5) is 24.5. The Morgan fingerprint density at radius 1 is 1.00 bits per heavy atom. The summed E-state index contributed by atoms with van der Waals surface area (Å²) in [6.07, 6.45) is -0.595. The molecule has 0 unspecified atom stereocenters. The predicted molar refractivity (Wildman–Crippen MR) is 174 cm³/mol. The van der Waals surface area contributed by atoms with Gasteiger partial charge >= 0.3 is 6.18 Å². The maximum atomic E-state index is 14.2. The Hall–Kier alpha value is -4.01. The molecule has 1 amide bonds. The van der Waals surface area contributed by atoms with Crippen LogP contribution in [-0.4, -0.2) is 58.8 Å². The normalized spacial score (nSPS) is 14.7. The van der Waals surface area contributed by atoms with E-state index < -0.39 is 17.6 Å². The van der Waals surface area contributed by atoms with Crippen molar-refractivity contribution in [3.63, 3.8) is 0 Å². The minimum absolute atomic E-state index is 0.0415. The Kier molecular flexibility index (Phi) is 11.1. The van der Waals surface area contributed by atoms with Crippen molar-refractivity contribution in [1.29, 1.82) is 0 Å². The number of amides is 1. The number of hydrogen-bond acceptors (Lipinski definition) is 9. The molecule has 5 N–H and O–H groups in total. The number of ether oxygens (including phenoxy) is 1. The van der Waals surface area contributed by atoms with Crippen molar-refractivity contribution in [3.05, 3.63) is 81.6 Å². The van der Waals surface area contributed by atoms with Crippen molar-refractivity contribution in [3.8, 4) is 28.4 Å². The quantitative estimate of drug-likeness (QED) is 0.112. The molecule has 4 heterocycles. The standard InChI is InChI=1S/C32H32Cl2F3N7O3/c1-47-31-19(16-39-17-20-6-8-25(46)42-20)5-7-23(44-31)21-10-12-40-29(28(21)34)22-3-2-4-24(27(22)33)43-30-26(32(35,36)37)18(9-11-41-30)15-38-13-14-45/h2-5,7,9-12,20,38-39,45H,6,8,13-17H2,1H3,(H,41,43)(H,42,46)/t20-/m1/s1. The van der Waals surface area contributed by atoms with Gasteiger partial charge in [0, 0.05) is 67.7 Å². The van der Waals surface area contributed by atoms with Gasteiger partial charge in [0.1, 0.15) is 11.4 Å². The fourth-order valence-electron chi connectivity index (χ4n) is 5.27. The molecular formula is C32H32Cl2F3N7O3. The fraction of sp³-hybridized carbons (Fsp3) is 0.312. The van der Waals surface area contributed by atoms with Gasteiger partial charge < -0.3 is 31.1 Å². The highest BCUT2D eigenvalue weighted by molar-refractivity contribution is 6.39. The molecule has 0 aliphatic carbocycles. The van der Waals surface area contributed by atoms with Gasteiger partial charge in [-0.05, 0) is 36.2 Å². The Balaban J connectivity index is 1.41. The number of benzene rings is 1. The van der Waals surface area contributed by atoms with Gasteiger partial charge in [0.05, 0.1) is 40.8 Å². The van der Waals surface area contributed by atoms with Gasteiger partial charge in [0.25, 0.3) is 0 Å². The lowest BCUT2D eigenvalue weighted by molar-refractivity contribution is -0.137. The molecule has 1 aliphatic heterocycles. The molecule has 47 heavy (non-hydrogen) atoms. The highest BCUT2D eigenvalue weighted by Crippen LogP contribution is 2.42. The number of aliphatic hydroxyl groups is 1. The van der Waals surface area contributed by atoms with Crippen LogP contribution in [0.1, 0.15) is 29.5 Å². The number of rotatable bonds is 13. The number of pyridine rings is 3. The third-order valence-corrected chi connectivity index (χ3v) is 8.31. The summed E-state index contributed by atoms with van der Waals surface area (Å²) in [7, 11) is 1.52. The molecule has 4 aromatic rings. The zero-order valence-corrected chi connectivity index (χ0v) is 26.7. The number of carbonyl (C=O) groups excluding carboxylic acids is 1. The van der Waals surface area contributed by atoms with Gasteiger partial charge in [-0.15, -0.1) is 0 Å². The first-order valence-electron chi connectivity index (χ1n) is 14.7. The molecule has 1 aliphatic rings. The number of aliphatic hydroxyl groups excluding tert-OH is 1. The second-order valence-corrected chi connectivity index (χ2v) is 11.5. The summed E-state index contributed by atoms with van der Waals surface area (Å²) in [6, 6.07) is 11.5. The second-order valence-electron chi connectivity index (χ2n) is 10.7. The van der Waals surface area contributed by atoms with Crippen molar-refractivity contribution in [2.75, 3.05) is 32.1 Å². The maximum Gasteiger partial charge on any atom is 0.420 e. The molecule has 5 rings (SSSR count). The summed E-state index contributed by atoms with van der Waals surface area (Å²) in [5.41, 5.74) is 1.72. The van der Waals surface area contributed by atoms with Crippen LogP contribution in [0.25, 0.3) is 22.5 Å². The Bertz CT molecular complexity index is 1740. The van der Waals surface area contributed by atoms with Crippen LogP contribution >= 0.6 is 23.2 Å². The molecule has 0 saturated carbocycles. The molecule has 0 bridgehead atoms. The van der Waals surface area contributed by atoms with Crippen molar-refractivity contribution in [1.82, 2.24) is 30.9 Å². The van der Waals surface area contributed by atoms with E-state index in [-0.39, 0.29) is 52.9 Å². The number of aromatic nitrogens is 3. The van der Waals surface area contributed by atoms with Gasteiger partial charge in [-0.25, -0.2) is 9.97 Å². The fourth-order valence-corrected chi connectivity index (χ4v) is 5.85. The molecule has 15 heteroatoms. The minimum Gasteiger partial charge on any atom is -0.481 e. The maximum absolute atomic E-state index is 14.2. The smallest absolute Gasteiger partial charge is 0.420 e. The highest BCUT2D eigenvalue weighted by atomic mass is 35.5. The number of anilines is 2. The van der Waals surface area contributed by atoms with Gasteiger partial charge in [-0.2, -0.15) is 13.2 Å². The highest BCUT2D eigenvalue weighted by Gasteiger charge is 2.37. The van der Waals surface area contributed by atoms with Gasteiger partial charge in [0.15, 0.2) is 0 Å². The van der Waals surface area contributed by atoms with E-state index in [2.05, 4.69) is 36.2 Å². The van der Waals surface area contributed by atoms with Crippen LogP contribution in [-0.2, 0) is 24.1 Å². The Morgan fingerprint density at radius 2 is 1.79 bits per heavy atom. The van der Waals surface area contributed by atoms with Crippen LogP contribution in [0.4, 0.5) is 24.7 Å². The number of nitrogens with zero attached hydrogens (tertiary/aromatic N) is 3. The zero-order valence-electron chi connectivity index (χ0n) is 25.2. The lowest BCUT2D eigenvalue weighted by Crippen LogP contribution is -2.35. The Labute approximate surface area is 279 Å². The molecule has 10 nitrogen and oxygen atoms in total. The van der Waals surface area contributed by atoms with E-state index in [1.807, 2.05) is 6.07 Å². The number of alkyl halides is 3. The first kappa shape index (κ1) is 34.3. The third-order valence-electron chi connectivity index (χ3n) is 7.52. The number of hydrogen-bond donors (Lipinski definition) is 5. The first-order valence-corrected chi connectivity index (χ1v) is 15.5. The van der Waals surface area contributed by atoms with E-state index in [4.69, 9.17) is 33.0 Å². The van der Waals surface area contributed by atoms with E-state index in [9.17, 15) is 18.0 Å². The van der Waals surface area contributed by atoms with E-state index in [1.54, 1.807) is 30.5 Å². The molecule has 0 spiro atoms. The number of halogens is 5. The summed E-state index contributed by atoms with van der Waals surface area (Å²) >= 11 is 13.6. The number of methoxy groups -OCH3 is 1. The lowest BCUT2D eigenvalue weighted by atomic mass is 10.0. The van der Waals surface area contributed by atoms with E-state index in [1.165, 1.54) is 25.4 Å². The number of carbonyl (C=O) groups is 1. The van der Waals surface area contributed by atoms with E-state index in [0.717, 1.165) is 12.0 Å². The minimum atomic E-state index is -4.72. The second kappa shape index (κ2) is 15.3. The lowest BCUT2D eigenvalue weighted by Gasteiger charge is -2.19. The van der Waals surface area contributed by atoms with E-state index in [0.29, 0.717) is 47.9 Å². The molecule has 3 aromatic heterocycles. The van der Waals surface area contributed by atoms with Gasteiger partial charge in [-0.1, -0.05) is 41.4 Å². The van der Waals surface area contributed by atoms with Crippen molar-refractivity contribution < 1.29 is 27.8 Å². The van der Waals surface area contributed by atoms with Crippen LogP contribution in [0.15, 0.2) is 54.9 Å².